The second-order valence-corrected chi connectivity index (χ2v) is 8.63. The van der Waals surface area contributed by atoms with E-state index in [0.717, 1.165) is 5.39 Å². The molecule has 0 aliphatic carbocycles. The fourth-order valence-electron chi connectivity index (χ4n) is 3.06. The van der Waals surface area contributed by atoms with Crippen molar-refractivity contribution in [3.63, 3.8) is 0 Å². The number of hydrogen-bond donors (Lipinski definition) is 3. The van der Waals surface area contributed by atoms with Crippen molar-refractivity contribution in [3.8, 4) is 5.75 Å². The number of carbonyl (C=O) groups excluding carboxylic acids is 2. The number of ether oxygens (including phenoxy) is 2. The van der Waals surface area contributed by atoms with Crippen molar-refractivity contribution >= 4 is 28.5 Å². The van der Waals surface area contributed by atoms with Gasteiger partial charge in [0.2, 0.25) is 0 Å². The maximum atomic E-state index is 12.7. The van der Waals surface area contributed by atoms with E-state index in [1.807, 2.05) is 39.0 Å². The zero-order chi connectivity index (χ0) is 24.0. The number of nitrogens with one attached hydrogen (secondary N) is 2. The molecule has 176 valence electrons. The Balaban J connectivity index is 1.73. The van der Waals surface area contributed by atoms with Crippen LogP contribution < -0.4 is 15.4 Å². The van der Waals surface area contributed by atoms with Gasteiger partial charge in [0, 0.05) is 23.2 Å². The zero-order valence-corrected chi connectivity index (χ0v) is 19.3. The summed E-state index contributed by atoms with van der Waals surface area (Å²) in [6.07, 6.45) is -0.772. The van der Waals surface area contributed by atoms with E-state index in [1.165, 1.54) is 6.07 Å². The first kappa shape index (κ1) is 24.3. The fraction of sp³-hybridized carbons (Fsp3) is 0.360. The van der Waals surface area contributed by atoms with Crippen LogP contribution in [0.1, 0.15) is 48.6 Å². The third-order valence-corrected chi connectivity index (χ3v) is 4.68. The first-order valence-electron chi connectivity index (χ1n) is 10.8. The number of rotatable bonds is 9. The fourth-order valence-corrected chi connectivity index (χ4v) is 3.06. The summed E-state index contributed by atoms with van der Waals surface area (Å²) in [6, 6.07) is 13.6. The molecular weight excluding hydrogens is 424 g/mol. The Morgan fingerprint density at radius 3 is 2.58 bits per heavy atom. The molecule has 0 aliphatic heterocycles. The van der Waals surface area contributed by atoms with Gasteiger partial charge in [-0.25, -0.2) is 4.79 Å². The van der Waals surface area contributed by atoms with E-state index < -0.39 is 18.0 Å². The molecule has 1 atom stereocenters. The molecule has 0 radical (unpaired) electrons. The molecule has 1 aromatic heterocycles. The van der Waals surface area contributed by atoms with Crippen molar-refractivity contribution in [1.29, 1.82) is 0 Å². The Hall–Kier alpha value is -3.36. The number of esters is 1. The van der Waals surface area contributed by atoms with Gasteiger partial charge in [0.25, 0.3) is 5.91 Å². The summed E-state index contributed by atoms with van der Waals surface area (Å²) in [5.41, 5.74) is 0.996. The summed E-state index contributed by atoms with van der Waals surface area (Å²) < 4.78 is 16.4. The quantitative estimate of drug-likeness (QED) is 0.419. The number of para-hydroxylation sites is 1. The maximum Gasteiger partial charge on any atom is 0.341 e. The lowest BCUT2D eigenvalue weighted by Crippen LogP contribution is -2.42. The summed E-state index contributed by atoms with van der Waals surface area (Å²) in [7, 11) is 0. The van der Waals surface area contributed by atoms with Crippen LogP contribution in [0.5, 0.6) is 5.75 Å². The van der Waals surface area contributed by atoms with Crippen molar-refractivity contribution in [2.24, 2.45) is 0 Å². The number of anilines is 1. The minimum Gasteiger partial charge on any atom is -0.490 e. The van der Waals surface area contributed by atoms with Crippen molar-refractivity contribution in [2.75, 3.05) is 25.1 Å². The molecule has 0 fully saturated rings. The molecule has 0 aliphatic rings. The predicted molar refractivity (Wildman–Crippen MR) is 126 cm³/mol. The Labute approximate surface area is 192 Å². The normalized spacial score (nSPS) is 12.4. The highest BCUT2D eigenvalue weighted by Gasteiger charge is 2.19. The highest BCUT2D eigenvalue weighted by molar-refractivity contribution is 6.05. The number of fused-ring (bicyclic) bond motifs is 1. The lowest BCUT2D eigenvalue weighted by molar-refractivity contribution is 0.0515. The number of benzene rings is 2. The summed E-state index contributed by atoms with van der Waals surface area (Å²) in [6.45, 7) is 8.21. The maximum absolute atomic E-state index is 12.7. The van der Waals surface area contributed by atoms with Gasteiger partial charge in [-0.1, -0.05) is 18.2 Å². The van der Waals surface area contributed by atoms with E-state index in [9.17, 15) is 14.7 Å². The van der Waals surface area contributed by atoms with Crippen molar-refractivity contribution in [3.05, 3.63) is 59.9 Å². The number of amides is 1. The Morgan fingerprint density at radius 1 is 1.12 bits per heavy atom. The molecule has 1 amide bonds. The van der Waals surface area contributed by atoms with Crippen LogP contribution in [0.15, 0.2) is 52.9 Å². The molecule has 0 spiro atoms. The van der Waals surface area contributed by atoms with Gasteiger partial charge in [-0.15, -0.1) is 0 Å². The van der Waals surface area contributed by atoms with Gasteiger partial charge in [0.05, 0.1) is 6.61 Å². The molecule has 2 aromatic carbocycles. The van der Waals surface area contributed by atoms with Gasteiger partial charge in [-0.2, -0.15) is 0 Å². The highest BCUT2D eigenvalue weighted by Crippen LogP contribution is 2.26. The number of β-amino-alcohol motifs (C(OH)–C–C–N with tert-alkyl or cyclic N) is 1. The van der Waals surface area contributed by atoms with Gasteiger partial charge in [-0.3, -0.25) is 4.79 Å². The molecule has 1 heterocycles. The van der Waals surface area contributed by atoms with E-state index in [4.69, 9.17) is 13.9 Å². The van der Waals surface area contributed by atoms with Crippen LogP contribution in [0.3, 0.4) is 0 Å². The van der Waals surface area contributed by atoms with Crippen molar-refractivity contribution < 1.29 is 28.6 Å². The van der Waals surface area contributed by atoms with Crippen molar-refractivity contribution in [2.45, 2.75) is 39.3 Å². The number of aliphatic hydroxyl groups is 1. The third-order valence-electron chi connectivity index (χ3n) is 4.68. The molecule has 3 N–H and O–H groups in total. The van der Waals surface area contributed by atoms with Gasteiger partial charge >= 0.3 is 5.97 Å². The van der Waals surface area contributed by atoms with Gasteiger partial charge in [0.1, 0.15) is 29.6 Å². The molecule has 3 rings (SSSR count). The lowest BCUT2D eigenvalue weighted by atomic mass is 10.1. The minimum atomic E-state index is -0.772. The Bertz CT molecular complexity index is 1080. The number of aliphatic hydroxyl groups excluding tert-OH is 1. The van der Waals surface area contributed by atoms with E-state index in [1.54, 1.807) is 31.2 Å². The minimum absolute atomic E-state index is 0.0137. The summed E-state index contributed by atoms with van der Waals surface area (Å²) >= 11 is 0. The van der Waals surface area contributed by atoms with Gasteiger partial charge in [0.15, 0.2) is 5.76 Å². The SMILES string of the molecule is CCOC(=O)c1cc(NC(=O)c2cc3ccccc3o2)ccc1OCC(O)CNC(C)(C)C. The monoisotopic (exact) mass is 454 g/mol. The lowest BCUT2D eigenvalue weighted by Gasteiger charge is -2.23. The van der Waals surface area contributed by atoms with E-state index >= 15 is 0 Å². The van der Waals surface area contributed by atoms with Crippen LogP contribution in [0, 0.1) is 0 Å². The van der Waals surface area contributed by atoms with Crippen LogP contribution in [0.4, 0.5) is 5.69 Å². The zero-order valence-electron chi connectivity index (χ0n) is 19.3. The van der Waals surface area contributed by atoms with Gasteiger partial charge < -0.3 is 29.6 Å². The molecule has 3 aromatic rings. The van der Waals surface area contributed by atoms with E-state index in [-0.39, 0.29) is 35.8 Å². The largest absolute Gasteiger partial charge is 0.490 e. The van der Waals surface area contributed by atoms with E-state index in [0.29, 0.717) is 17.8 Å². The smallest absolute Gasteiger partial charge is 0.341 e. The second kappa shape index (κ2) is 10.5. The molecule has 0 saturated heterocycles. The molecule has 1 unspecified atom stereocenters. The summed E-state index contributed by atoms with van der Waals surface area (Å²) in [5, 5.41) is 16.9. The van der Waals surface area contributed by atoms with Crippen LogP contribution in [-0.2, 0) is 4.74 Å². The summed E-state index contributed by atoms with van der Waals surface area (Å²) in [5.74, 6) is -0.623. The summed E-state index contributed by atoms with van der Waals surface area (Å²) in [4.78, 5) is 25.1. The van der Waals surface area contributed by atoms with Crippen LogP contribution in [0.2, 0.25) is 0 Å². The second-order valence-electron chi connectivity index (χ2n) is 8.63. The predicted octanol–water partition coefficient (Wildman–Crippen LogP) is 3.99. The Kier molecular flexibility index (Phi) is 7.73. The molecule has 8 heteroatoms. The highest BCUT2D eigenvalue weighted by atomic mass is 16.5. The molecule has 0 bridgehead atoms. The Morgan fingerprint density at radius 2 is 1.88 bits per heavy atom. The van der Waals surface area contributed by atoms with Crippen LogP contribution >= 0.6 is 0 Å². The topological polar surface area (TPSA) is 110 Å². The number of furan rings is 1. The molecule has 0 saturated carbocycles. The molecule has 33 heavy (non-hydrogen) atoms. The third kappa shape index (κ3) is 6.81. The standard InChI is InChI=1S/C25H30N2O6/c1-5-31-24(30)19-13-17(10-11-21(19)32-15-18(28)14-26-25(2,3)4)27-23(29)22-12-16-8-6-7-9-20(16)33-22/h6-13,18,26,28H,5,14-15H2,1-4H3,(H,27,29). The first-order valence-corrected chi connectivity index (χ1v) is 10.8. The first-order chi connectivity index (χ1) is 15.7. The molecular formula is C25H30N2O6. The average Bonchev–Trinajstić information content (AvgIpc) is 3.21. The number of carbonyl (C=O) groups is 2. The average molecular weight is 455 g/mol. The van der Waals surface area contributed by atoms with Crippen LogP contribution in [0.25, 0.3) is 11.0 Å². The van der Waals surface area contributed by atoms with E-state index in [2.05, 4.69) is 10.6 Å². The van der Waals surface area contributed by atoms with Gasteiger partial charge in [-0.05, 0) is 58.0 Å². The number of hydrogen-bond acceptors (Lipinski definition) is 7. The van der Waals surface area contributed by atoms with Crippen LogP contribution in [-0.4, -0.2) is 48.4 Å². The van der Waals surface area contributed by atoms with Crippen molar-refractivity contribution in [1.82, 2.24) is 5.32 Å². The molecule has 8 nitrogen and oxygen atoms in total.